The fraction of sp³-hybridized carbons (Fsp3) is 0.500. The Labute approximate surface area is 164 Å². The highest BCUT2D eigenvalue weighted by atomic mass is 16.5. The van der Waals surface area contributed by atoms with Gasteiger partial charge >= 0.3 is 6.03 Å². The minimum Gasteiger partial charge on any atom is -0.488 e. The first-order chi connectivity index (χ1) is 13.7. The molecule has 2 amide bonds. The molecule has 4 rings (SSSR count). The van der Waals surface area contributed by atoms with Gasteiger partial charge in [0.1, 0.15) is 11.9 Å². The van der Waals surface area contributed by atoms with E-state index in [9.17, 15) is 4.79 Å². The van der Waals surface area contributed by atoms with Gasteiger partial charge in [0.15, 0.2) is 0 Å². The van der Waals surface area contributed by atoms with Crippen molar-refractivity contribution >= 4 is 17.4 Å². The molecule has 2 saturated heterocycles. The largest absolute Gasteiger partial charge is 0.488 e. The molecule has 1 aromatic heterocycles. The lowest BCUT2D eigenvalue weighted by Crippen LogP contribution is -2.31. The molecule has 28 heavy (non-hydrogen) atoms. The van der Waals surface area contributed by atoms with E-state index in [0.29, 0.717) is 24.0 Å². The molecule has 2 aromatic rings. The predicted octanol–water partition coefficient (Wildman–Crippen LogP) is 2.96. The lowest BCUT2D eigenvalue weighted by Gasteiger charge is -2.28. The van der Waals surface area contributed by atoms with E-state index in [-0.39, 0.29) is 12.1 Å². The third-order valence-corrected chi connectivity index (χ3v) is 5.22. The number of piperidine rings is 1. The lowest BCUT2D eigenvalue weighted by molar-refractivity contribution is 0.141. The van der Waals surface area contributed by atoms with E-state index in [1.54, 1.807) is 6.20 Å². The molecule has 0 spiro atoms. The summed E-state index contributed by atoms with van der Waals surface area (Å²) < 4.78 is 13.1. The fourth-order valence-electron chi connectivity index (χ4n) is 3.57. The Balaban J connectivity index is 1.27. The van der Waals surface area contributed by atoms with Crippen molar-refractivity contribution in [3.63, 3.8) is 0 Å². The maximum absolute atomic E-state index is 12.3. The zero-order chi connectivity index (χ0) is 19.3. The first-order valence-electron chi connectivity index (χ1n) is 9.81. The average Bonchev–Trinajstić information content (AvgIpc) is 3.36. The van der Waals surface area contributed by atoms with Gasteiger partial charge in [0, 0.05) is 18.3 Å². The number of aromatic nitrogens is 2. The van der Waals surface area contributed by atoms with Crippen LogP contribution in [0.1, 0.15) is 25.3 Å². The van der Waals surface area contributed by atoms with Gasteiger partial charge in [-0.05, 0) is 57.2 Å². The number of carbonyl (C=O) groups excluding carboxylic acids is 1. The lowest BCUT2D eigenvalue weighted by atomic mass is 10.1. The first-order valence-corrected chi connectivity index (χ1v) is 9.81. The third kappa shape index (κ3) is 4.82. The highest BCUT2D eigenvalue weighted by Crippen LogP contribution is 2.23. The topological polar surface area (TPSA) is 80.7 Å². The van der Waals surface area contributed by atoms with Crippen LogP contribution in [0.2, 0.25) is 0 Å². The van der Waals surface area contributed by atoms with Gasteiger partial charge in [-0.15, -0.1) is 0 Å². The van der Waals surface area contributed by atoms with Crippen molar-refractivity contribution in [2.24, 2.45) is 0 Å². The Morgan fingerprint density at radius 2 is 1.89 bits per heavy atom. The second kappa shape index (κ2) is 8.62. The van der Waals surface area contributed by atoms with Crippen LogP contribution in [0.15, 0.2) is 36.7 Å². The summed E-state index contributed by atoms with van der Waals surface area (Å²) in [6.45, 7) is 3.52. The quantitative estimate of drug-likeness (QED) is 0.827. The van der Waals surface area contributed by atoms with Gasteiger partial charge < -0.3 is 25.0 Å². The van der Waals surface area contributed by atoms with Crippen LogP contribution in [0.25, 0.3) is 0 Å². The summed E-state index contributed by atoms with van der Waals surface area (Å²) in [5.41, 5.74) is 1.40. The molecule has 1 aromatic carbocycles. The van der Waals surface area contributed by atoms with Crippen LogP contribution in [-0.4, -0.2) is 60.2 Å². The molecule has 0 bridgehead atoms. The highest BCUT2D eigenvalue weighted by Gasteiger charge is 2.19. The fourth-order valence-corrected chi connectivity index (χ4v) is 3.57. The molecule has 1 atom stereocenters. The minimum absolute atomic E-state index is 0.114. The number of ether oxygens (including phenoxy) is 2. The molecular formula is C20H27N5O3. The number of amides is 2. The molecule has 0 radical (unpaired) electrons. The number of likely N-dealkylation sites (tertiary alicyclic amines) is 1. The van der Waals surface area contributed by atoms with E-state index in [4.69, 9.17) is 9.47 Å². The summed E-state index contributed by atoms with van der Waals surface area (Å²) >= 11 is 0. The Hall–Kier alpha value is -2.58. The summed E-state index contributed by atoms with van der Waals surface area (Å²) in [7, 11) is 2.14. The molecule has 3 heterocycles. The summed E-state index contributed by atoms with van der Waals surface area (Å²) in [4.78, 5) is 14.6. The van der Waals surface area contributed by atoms with Crippen molar-refractivity contribution in [3.8, 4) is 5.75 Å². The number of nitrogens with zero attached hydrogens (tertiary/aromatic N) is 3. The molecule has 8 nitrogen and oxygen atoms in total. The Morgan fingerprint density at radius 1 is 1.14 bits per heavy atom. The van der Waals surface area contributed by atoms with Crippen molar-refractivity contribution in [1.29, 1.82) is 0 Å². The minimum atomic E-state index is -0.291. The maximum atomic E-state index is 12.3. The molecule has 150 valence electrons. The normalized spacial score (nSPS) is 20.8. The van der Waals surface area contributed by atoms with Crippen LogP contribution in [0.3, 0.4) is 0 Å². The molecule has 0 aliphatic carbocycles. The van der Waals surface area contributed by atoms with Crippen LogP contribution in [0, 0.1) is 0 Å². The second-order valence-electron chi connectivity index (χ2n) is 7.45. The third-order valence-electron chi connectivity index (χ3n) is 5.22. The number of benzene rings is 1. The number of hydrogen-bond donors (Lipinski definition) is 2. The molecule has 1 unspecified atom stereocenters. The number of anilines is 2. The molecule has 2 N–H and O–H groups in total. The van der Waals surface area contributed by atoms with Gasteiger partial charge in [-0.25, -0.2) is 4.79 Å². The maximum Gasteiger partial charge on any atom is 0.323 e. The van der Waals surface area contributed by atoms with Crippen LogP contribution in [0.4, 0.5) is 16.2 Å². The van der Waals surface area contributed by atoms with Crippen molar-refractivity contribution in [1.82, 2.24) is 14.7 Å². The molecule has 8 heteroatoms. The molecule has 2 aliphatic rings. The van der Waals surface area contributed by atoms with Crippen LogP contribution >= 0.6 is 0 Å². The number of nitrogens with one attached hydrogen (secondary N) is 2. The van der Waals surface area contributed by atoms with Crippen LogP contribution in [-0.2, 0) is 4.74 Å². The first kappa shape index (κ1) is 18.8. The summed E-state index contributed by atoms with van der Waals surface area (Å²) in [5, 5.41) is 10.1. The van der Waals surface area contributed by atoms with E-state index < -0.39 is 0 Å². The summed E-state index contributed by atoms with van der Waals surface area (Å²) in [5.74, 6) is 0.779. The zero-order valence-electron chi connectivity index (χ0n) is 16.1. The Morgan fingerprint density at radius 3 is 2.61 bits per heavy atom. The van der Waals surface area contributed by atoms with Gasteiger partial charge in [-0.3, -0.25) is 4.68 Å². The van der Waals surface area contributed by atoms with E-state index in [1.807, 2.05) is 35.1 Å². The van der Waals surface area contributed by atoms with E-state index in [2.05, 4.69) is 27.7 Å². The van der Waals surface area contributed by atoms with Crippen molar-refractivity contribution in [2.45, 2.75) is 31.4 Å². The molecule has 0 saturated carbocycles. The molecule has 2 aliphatic heterocycles. The monoisotopic (exact) mass is 385 g/mol. The van der Waals surface area contributed by atoms with Gasteiger partial charge in [0.25, 0.3) is 0 Å². The number of hydrogen-bond acceptors (Lipinski definition) is 5. The summed E-state index contributed by atoms with van der Waals surface area (Å²) in [6, 6.07) is 7.46. The molecular weight excluding hydrogens is 358 g/mol. The summed E-state index contributed by atoms with van der Waals surface area (Å²) in [6.07, 6.45) is 6.77. The van der Waals surface area contributed by atoms with Gasteiger partial charge in [0.05, 0.1) is 31.1 Å². The van der Waals surface area contributed by atoms with Crippen molar-refractivity contribution < 1.29 is 14.3 Å². The average molecular weight is 385 g/mol. The standard InChI is InChI=1S/C20H27N5O3/c1-24-9-6-17(7-10-24)25-13-16(12-21-25)23-20(26)22-15-2-4-18(5-3-15)28-19-8-11-27-14-19/h2-5,12-13,17,19H,6-11,14H2,1H3,(H2,22,23,26). The van der Waals surface area contributed by atoms with Crippen molar-refractivity contribution in [2.75, 3.05) is 44.0 Å². The van der Waals surface area contributed by atoms with Gasteiger partial charge in [-0.2, -0.15) is 5.10 Å². The van der Waals surface area contributed by atoms with E-state index >= 15 is 0 Å². The molecule has 2 fully saturated rings. The highest BCUT2D eigenvalue weighted by molar-refractivity contribution is 5.99. The number of urea groups is 1. The van der Waals surface area contributed by atoms with Crippen LogP contribution < -0.4 is 15.4 Å². The van der Waals surface area contributed by atoms with Crippen molar-refractivity contribution in [3.05, 3.63) is 36.7 Å². The number of rotatable bonds is 5. The Bertz CT molecular complexity index is 777. The van der Waals surface area contributed by atoms with Gasteiger partial charge in [-0.1, -0.05) is 0 Å². The zero-order valence-corrected chi connectivity index (χ0v) is 16.1. The SMILES string of the molecule is CN1CCC(n2cc(NC(=O)Nc3ccc(OC4CCOC4)cc3)cn2)CC1. The second-order valence-corrected chi connectivity index (χ2v) is 7.45. The predicted molar refractivity (Wildman–Crippen MR) is 107 cm³/mol. The Kier molecular flexibility index (Phi) is 5.78. The van der Waals surface area contributed by atoms with Gasteiger partial charge in [0.2, 0.25) is 0 Å². The van der Waals surface area contributed by atoms with Crippen LogP contribution in [0.5, 0.6) is 5.75 Å². The van der Waals surface area contributed by atoms with E-state index in [0.717, 1.165) is 44.7 Å². The number of carbonyl (C=O) groups is 1. The smallest absolute Gasteiger partial charge is 0.323 e. The van der Waals surface area contributed by atoms with E-state index in [1.165, 1.54) is 0 Å².